The van der Waals surface area contributed by atoms with Crippen LogP contribution in [0, 0.1) is 6.92 Å². The van der Waals surface area contributed by atoms with E-state index in [0.717, 1.165) is 30.0 Å². The Labute approximate surface area is 128 Å². The van der Waals surface area contributed by atoms with Crippen LogP contribution in [0.25, 0.3) is 0 Å². The molecule has 1 aliphatic rings. The number of nitrogens with zero attached hydrogens (tertiary/aromatic N) is 6. The summed E-state index contributed by atoms with van der Waals surface area (Å²) in [5, 5.41) is 11.1. The Balaban J connectivity index is 1.53. The second kappa shape index (κ2) is 6.61. The number of nitrogens with one attached hydrogen (secondary N) is 1. The molecule has 0 aromatic carbocycles. The highest BCUT2D eigenvalue weighted by Gasteiger charge is 2.17. The largest absolute Gasteiger partial charge is 0.354 e. The Kier molecular flexibility index (Phi) is 4.38. The van der Waals surface area contributed by atoms with Gasteiger partial charge in [-0.2, -0.15) is 0 Å². The van der Waals surface area contributed by atoms with Gasteiger partial charge in [0.05, 0.1) is 23.6 Å². The summed E-state index contributed by atoms with van der Waals surface area (Å²) in [5.74, 6) is 0.0664. The molecule has 8 heteroatoms. The highest BCUT2D eigenvalue weighted by atomic mass is 16.2. The first-order valence-electron chi connectivity index (χ1n) is 7.34. The first kappa shape index (κ1) is 14.6. The monoisotopic (exact) mass is 301 g/mol. The number of hydrogen-bond acceptors (Lipinski definition) is 6. The molecule has 2 aromatic heterocycles. The fourth-order valence-corrected chi connectivity index (χ4v) is 2.44. The number of aromatic nitrogens is 5. The molecule has 0 spiro atoms. The van der Waals surface area contributed by atoms with Crippen LogP contribution in [-0.2, 0) is 24.3 Å². The van der Waals surface area contributed by atoms with E-state index in [1.165, 1.54) is 0 Å². The molecule has 1 fully saturated rings. The SMILES string of the molecule is Cc1cncc(CCn2cc(CN3CCNC(=O)C3)nn2)n1. The molecule has 1 N–H and O–H groups in total. The number of aryl methyl sites for hydroxylation is 3. The number of carbonyl (C=O) groups is 1. The van der Waals surface area contributed by atoms with Gasteiger partial charge in [-0.15, -0.1) is 5.10 Å². The zero-order valence-corrected chi connectivity index (χ0v) is 12.6. The summed E-state index contributed by atoms with van der Waals surface area (Å²) >= 11 is 0. The van der Waals surface area contributed by atoms with Crippen molar-refractivity contribution in [2.45, 2.75) is 26.4 Å². The van der Waals surface area contributed by atoms with E-state index in [2.05, 4.69) is 30.5 Å². The minimum Gasteiger partial charge on any atom is -0.354 e. The quantitative estimate of drug-likeness (QED) is 0.805. The van der Waals surface area contributed by atoms with Crippen molar-refractivity contribution in [3.63, 3.8) is 0 Å². The normalized spacial score (nSPS) is 15.8. The third-order valence-electron chi connectivity index (χ3n) is 3.49. The molecule has 116 valence electrons. The standard InChI is InChI=1S/C14H19N7O/c1-11-6-15-7-12(17-11)2-4-21-9-13(18-19-21)8-20-5-3-16-14(22)10-20/h6-7,9H,2-5,8,10H2,1H3,(H,16,22). The van der Waals surface area contributed by atoms with Crippen molar-refractivity contribution < 1.29 is 4.79 Å². The molecule has 0 aliphatic carbocycles. The van der Waals surface area contributed by atoms with E-state index in [4.69, 9.17) is 0 Å². The van der Waals surface area contributed by atoms with Gasteiger partial charge in [-0.25, -0.2) is 0 Å². The van der Waals surface area contributed by atoms with E-state index in [9.17, 15) is 4.79 Å². The Morgan fingerprint density at radius 2 is 2.23 bits per heavy atom. The third kappa shape index (κ3) is 3.85. The molecular weight excluding hydrogens is 282 g/mol. The lowest BCUT2D eigenvalue weighted by atomic mass is 10.3. The second-order valence-electron chi connectivity index (χ2n) is 5.44. The van der Waals surface area contributed by atoms with Gasteiger partial charge in [0, 0.05) is 51.2 Å². The van der Waals surface area contributed by atoms with Gasteiger partial charge in [0.15, 0.2) is 0 Å². The molecule has 0 unspecified atom stereocenters. The predicted octanol–water partition coefficient (Wildman–Crippen LogP) is -0.449. The molecule has 3 rings (SSSR count). The molecule has 1 amide bonds. The number of carbonyl (C=O) groups excluding carboxylic acids is 1. The molecule has 2 aromatic rings. The second-order valence-corrected chi connectivity index (χ2v) is 5.44. The Morgan fingerprint density at radius 1 is 1.32 bits per heavy atom. The van der Waals surface area contributed by atoms with Crippen LogP contribution in [0.3, 0.4) is 0 Å². The van der Waals surface area contributed by atoms with E-state index in [0.29, 0.717) is 26.2 Å². The van der Waals surface area contributed by atoms with Crippen LogP contribution in [0.15, 0.2) is 18.6 Å². The van der Waals surface area contributed by atoms with Crippen molar-refractivity contribution >= 4 is 5.91 Å². The van der Waals surface area contributed by atoms with E-state index in [-0.39, 0.29) is 5.91 Å². The summed E-state index contributed by atoms with van der Waals surface area (Å²) in [5.41, 5.74) is 2.75. The molecule has 0 radical (unpaired) electrons. The lowest BCUT2D eigenvalue weighted by Gasteiger charge is -2.25. The minimum absolute atomic E-state index is 0.0664. The maximum atomic E-state index is 11.3. The fraction of sp³-hybridized carbons (Fsp3) is 0.500. The lowest BCUT2D eigenvalue weighted by Crippen LogP contribution is -2.47. The number of rotatable bonds is 5. The minimum atomic E-state index is 0.0664. The smallest absolute Gasteiger partial charge is 0.234 e. The van der Waals surface area contributed by atoms with E-state index in [1.54, 1.807) is 12.4 Å². The zero-order chi connectivity index (χ0) is 15.4. The van der Waals surface area contributed by atoms with Gasteiger partial charge in [-0.05, 0) is 6.92 Å². The van der Waals surface area contributed by atoms with Crippen LogP contribution in [0.2, 0.25) is 0 Å². The summed E-state index contributed by atoms with van der Waals surface area (Å²) in [4.78, 5) is 22.0. The molecule has 1 aliphatic heterocycles. The highest BCUT2D eigenvalue weighted by molar-refractivity contribution is 5.78. The summed E-state index contributed by atoms with van der Waals surface area (Å²) < 4.78 is 1.81. The average molecular weight is 301 g/mol. The Hall–Kier alpha value is -2.35. The van der Waals surface area contributed by atoms with Crippen LogP contribution in [0.1, 0.15) is 17.1 Å². The molecule has 0 atom stereocenters. The lowest BCUT2D eigenvalue weighted by molar-refractivity contribution is -0.124. The van der Waals surface area contributed by atoms with Crippen LogP contribution >= 0.6 is 0 Å². The van der Waals surface area contributed by atoms with Crippen molar-refractivity contribution in [1.29, 1.82) is 0 Å². The molecule has 1 saturated heterocycles. The van der Waals surface area contributed by atoms with Gasteiger partial charge < -0.3 is 5.32 Å². The predicted molar refractivity (Wildman–Crippen MR) is 78.8 cm³/mol. The van der Waals surface area contributed by atoms with Crippen molar-refractivity contribution in [1.82, 2.24) is 35.2 Å². The highest BCUT2D eigenvalue weighted by Crippen LogP contribution is 2.04. The van der Waals surface area contributed by atoms with Gasteiger partial charge >= 0.3 is 0 Å². The van der Waals surface area contributed by atoms with E-state index < -0.39 is 0 Å². The summed E-state index contributed by atoms with van der Waals surface area (Å²) in [6.07, 6.45) is 6.21. The molecular formula is C14H19N7O. The topological polar surface area (TPSA) is 88.8 Å². The average Bonchev–Trinajstić information content (AvgIpc) is 2.93. The molecule has 0 saturated carbocycles. The molecule has 8 nitrogen and oxygen atoms in total. The third-order valence-corrected chi connectivity index (χ3v) is 3.49. The number of piperazine rings is 1. The first-order chi connectivity index (χ1) is 10.7. The van der Waals surface area contributed by atoms with Crippen molar-refractivity contribution in [3.05, 3.63) is 35.7 Å². The fourth-order valence-electron chi connectivity index (χ4n) is 2.44. The number of hydrogen-bond donors (Lipinski definition) is 1. The van der Waals surface area contributed by atoms with Crippen LogP contribution < -0.4 is 5.32 Å². The van der Waals surface area contributed by atoms with E-state index in [1.807, 2.05) is 17.8 Å². The maximum absolute atomic E-state index is 11.3. The van der Waals surface area contributed by atoms with Crippen LogP contribution in [0.4, 0.5) is 0 Å². The molecule has 0 bridgehead atoms. The van der Waals surface area contributed by atoms with Gasteiger partial charge in [-0.3, -0.25) is 24.3 Å². The van der Waals surface area contributed by atoms with Gasteiger partial charge in [0.1, 0.15) is 0 Å². The maximum Gasteiger partial charge on any atom is 0.234 e. The van der Waals surface area contributed by atoms with Gasteiger partial charge in [0.2, 0.25) is 5.91 Å². The van der Waals surface area contributed by atoms with Crippen molar-refractivity contribution in [3.8, 4) is 0 Å². The number of amides is 1. The van der Waals surface area contributed by atoms with E-state index >= 15 is 0 Å². The zero-order valence-electron chi connectivity index (χ0n) is 12.6. The molecule has 22 heavy (non-hydrogen) atoms. The summed E-state index contributed by atoms with van der Waals surface area (Å²) in [6, 6.07) is 0. The van der Waals surface area contributed by atoms with Crippen LogP contribution in [-0.4, -0.2) is 55.4 Å². The summed E-state index contributed by atoms with van der Waals surface area (Å²) in [7, 11) is 0. The Bertz CT molecular complexity index is 654. The first-order valence-corrected chi connectivity index (χ1v) is 7.34. The van der Waals surface area contributed by atoms with Crippen molar-refractivity contribution in [2.75, 3.05) is 19.6 Å². The summed E-state index contributed by atoms with van der Waals surface area (Å²) in [6.45, 7) is 5.25. The van der Waals surface area contributed by atoms with Crippen LogP contribution in [0.5, 0.6) is 0 Å². The van der Waals surface area contributed by atoms with Crippen molar-refractivity contribution in [2.24, 2.45) is 0 Å². The van der Waals surface area contributed by atoms with Gasteiger partial charge in [-0.1, -0.05) is 5.21 Å². The molecule has 3 heterocycles. The van der Waals surface area contributed by atoms with Gasteiger partial charge in [0.25, 0.3) is 0 Å². The Morgan fingerprint density at radius 3 is 3.05 bits per heavy atom.